The highest BCUT2D eigenvalue weighted by Gasteiger charge is 2.70. The Morgan fingerprint density at radius 3 is 2.87 bits per heavy atom. The van der Waals surface area contributed by atoms with Crippen molar-refractivity contribution in [1.29, 1.82) is 0 Å². The quantitative estimate of drug-likeness (QED) is 0.657. The van der Waals surface area contributed by atoms with Crippen LogP contribution in [0.1, 0.15) is 71.6 Å². The minimum atomic E-state index is 0.00500. The molecule has 4 aliphatic carbocycles. The SMILES string of the molecule is CC(=O)[C@H]1CC=C2[C@]1(C)CC[C@@H]1[C@@]34CCCC[C@H]3CC[C@@]21OC4. The van der Waals surface area contributed by atoms with Gasteiger partial charge in [0.1, 0.15) is 5.78 Å². The molecule has 23 heavy (non-hydrogen) atoms. The standard InChI is InChI=1S/C21H30O2/c1-14(22)16-6-7-17-19(16,2)11-9-18-20-10-4-3-5-15(20)8-12-21(17,18)23-13-20/h7,15-16,18H,3-6,8-13H2,1-2H3/t15-,16+,18+,19+,20+,21+/m0/s1. The van der Waals surface area contributed by atoms with Gasteiger partial charge in [0.15, 0.2) is 0 Å². The van der Waals surface area contributed by atoms with E-state index in [-0.39, 0.29) is 16.9 Å². The molecule has 1 aliphatic heterocycles. The van der Waals surface area contributed by atoms with Gasteiger partial charge in [0.2, 0.25) is 0 Å². The van der Waals surface area contributed by atoms with E-state index in [0.29, 0.717) is 11.2 Å². The van der Waals surface area contributed by atoms with E-state index in [0.717, 1.165) is 24.9 Å². The lowest BCUT2D eigenvalue weighted by molar-refractivity contribution is -0.126. The molecule has 6 atom stereocenters. The number of carbonyl (C=O) groups excluding carboxylic acids is 1. The Morgan fingerprint density at radius 1 is 1.17 bits per heavy atom. The first-order valence-electron chi connectivity index (χ1n) is 9.88. The number of Topliss-reactive ketones (excluding diaryl/α,β-unsaturated/α-hetero) is 1. The molecule has 4 fully saturated rings. The molecule has 1 heterocycles. The van der Waals surface area contributed by atoms with E-state index in [4.69, 9.17) is 4.74 Å². The third-order valence-electron chi connectivity index (χ3n) is 8.82. The molecule has 5 aliphatic rings. The Hall–Kier alpha value is -0.630. The summed E-state index contributed by atoms with van der Waals surface area (Å²) in [4.78, 5) is 12.2. The molecule has 0 amide bonds. The molecular weight excluding hydrogens is 284 g/mol. The molecule has 0 N–H and O–H groups in total. The molecule has 0 aromatic carbocycles. The molecular formula is C21H30O2. The van der Waals surface area contributed by atoms with Crippen molar-refractivity contribution in [3.8, 4) is 0 Å². The van der Waals surface area contributed by atoms with Crippen LogP contribution < -0.4 is 0 Å². The summed E-state index contributed by atoms with van der Waals surface area (Å²) in [6, 6.07) is 0. The number of allylic oxidation sites excluding steroid dienone is 1. The Bertz CT molecular complexity index is 589. The number of ether oxygens (including phenoxy) is 1. The molecule has 1 spiro atoms. The van der Waals surface area contributed by atoms with E-state index in [1.165, 1.54) is 51.4 Å². The lowest BCUT2D eigenvalue weighted by Gasteiger charge is -2.58. The van der Waals surface area contributed by atoms with Crippen molar-refractivity contribution < 1.29 is 9.53 Å². The van der Waals surface area contributed by atoms with Crippen molar-refractivity contribution in [2.45, 2.75) is 77.2 Å². The predicted molar refractivity (Wildman–Crippen MR) is 90.0 cm³/mol. The number of hydrogen-bond donors (Lipinski definition) is 0. The van der Waals surface area contributed by atoms with Gasteiger partial charge in [-0.05, 0) is 69.3 Å². The van der Waals surface area contributed by atoms with Gasteiger partial charge in [-0.3, -0.25) is 4.79 Å². The highest BCUT2D eigenvalue weighted by atomic mass is 16.5. The van der Waals surface area contributed by atoms with Crippen molar-refractivity contribution >= 4 is 5.78 Å². The third-order valence-corrected chi connectivity index (χ3v) is 8.82. The molecule has 0 aromatic heterocycles. The molecule has 0 aromatic rings. The second-order valence-electron chi connectivity index (χ2n) is 9.42. The van der Waals surface area contributed by atoms with E-state index in [1.807, 2.05) is 0 Å². The summed E-state index contributed by atoms with van der Waals surface area (Å²) in [5, 5.41) is 0. The maximum Gasteiger partial charge on any atom is 0.134 e. The number of rotatable bonds is 1. The van der Waals surface area contributed by atoms with E-state index < -0.39 is 0 Å². The fourth-order valence-electron chi connectivity index (χ4n) is 7.84. The van der Waals surface area contributed by atoms with Crippen LogP contribution in [-0.2, 0) is 9.53 Å². The number of carbonyl (C=O) groups is 1. The largest absolute Gasteiger partial charge is 0.370 e. The van der Waals surface area contributed by atoms with Crippen LogP contribution >= 0.6 is 0 Å². The topological polar surface area (TPSA) is 26.3 Å². The summed E-state index contributed by atoms with van der Waals surface area (Å²) in [7, 11) is 0. The summed E-state index contributed by atoms with van der Waals surface area (Å²) in [5.74, 6) is 2.23. The van der Waals surface area contributed by atoms with E-state index in [9.17, 15) is 4.79 Å². The number of hydrogen-bond acceptors (Lipinski definition) is 2. The van der Waals surface area contributed by atoms with Gasteiger partial charge in [0.25, 0.3) is 0 Å². The van der Waals surface area contributed by atoms with Crippen LogP contribution in [0, 0.1) is 28.6 Å². The predicted octanol–water partition coefficient (Wildman–Crippen LogP) is 4.68. The van der Waals surface area contributed by atoms with Crippen molar-refractivity contribution in [3.63, 3.8) is 0 Å². The molecule has 0 unspecified atom stereocenters. The van der Waals surface area contributed by atoms with Crippen molar-refractivity contribution in [3.05, 3.63) is 11.6 Å². The van der Waals surface area contributed by atoms with Gasteiger partial charge in [-0.2, -0.15) is 0 Å². The first-order chi connectivity index (χ1) is 11.0. The molecule has 126 valence electrons. The molecule has 5 rings (SSSR count). The van der Waals surface area contributed by atoms with Crippen LogP contribution in [0.25, 0.3) is 0 Å². The van der Waals surface area contributed by atoms with Gasteiger partial charge >= 0.3 is 0 Å². The number of ketones is 1. The normalized spacial score (nSPS) is 54.0. The van der Waals surface area contributed by atoms with Crippen LogP contribution in [0.3, 0.4) is 0 Å². The maximum absolute atomic E-state index is 12.2. The Balaban J connectivity index is 1.58. The minimum absolute atomic E-state index is 0.00500. The Kier molecular flexibility index (Phi) is 2.88. The molecule has 0 radical (unpaired) electrons. The van der Waals surface area contributed by atoms with Gasteiger partial charge in [0, 0.05) is 16.7 Å². The van der Waals surface area contributed by atoms with Gasteiger partial charge in [-0.15, -0.1) is 0 Å². The van der Waals surface area contributed by atoms with Crippen molar-refractivity contribution in [2.75, 3.05) is 6.61 Å². The monoisotopic (exact) mass is 314 g/mol. The van der Waals surface area contributed by atoms with Gasteiger partial charge in [-0.1, -0.05) is 25.8 Å². The summed E-state index contributed by atoms with van der Waals surface area (Å²) < 4.78 is 6.76. The second-order valence-corrected chi connectivity index (χ2v) is 9.42. The summed E-state index contributed by atoms with van der Waals surface area (Å²) in [5.41, 5.74) is 2.11. The van der Waals surface area contributed by atoms with Crippen molar-refractivity contribution in [2.24, 2.45) is 28.6 Å². The van der Waals surface area contributed by atoms with Gasteiger partial charge in [-0.25, -0.2) is 0 Å². The van der Waals surface area contributed by atoms with Crippen LogP contribution in [0.4, 0.5) is 0 Å². The lowest BCUT2D eigenvalue weighted by atomic mass is 9.45. The van der Waals surface area contributed by atoms with E-state index in [2.05, 4.69) is 13.0 Å². The van der Waals surface area contributed by atoms with Gasteiger partial charge in [0.05, 0.1) is 12.2 Å². The van der Waals surface area contributed by atoms with Crippen LogP contribution in [0.5, 0.6) is 0 Å². The maximum atomic E-state index is 12.2. The average molecular weight is 314 g/mol. The molecule has 2 heteroatoms. The highest BCUT2D eigenvalue weighted by Crippen LogP contribution is 2.71. The first-order valence-corrected chi connectivity index (χ1v) is 9.88. The minimum Gasteiger partial charge on any atom is -0.370 e. The van der Waals surface area contributed by atoms with Crippen molar-refractivity contribution in [1.82, 2.24) is 0 Å². The van der Waals surface area contributed by atoms with E-state index >= 15 is 0 Å². The average Bonchev–Trinajstić information content (AvgIpc) is 2.99. The Morgan fingerprint density at radius 2 is 2.04 bits per heavy atom. The molecule has 3 saturated carbocycles. The smallest absolute Gasteiger partial charge is 0.134 e. The fourth-order valence-corrected chi connectivity index (χ4v) is 7.84. The fraction of sp³-hybridized carbons (Fsp3) is 0.857. The third kappa shape index (κ3) is 1.57. The first kappa shape index (κ1) is 14.7. The van der Waals surface area contributed by atoms with E-state index in [1.54, 1.807) is 12.5 Å². The zero-order valence-corrected chi connectivity index (χ0v) is 14.7. The zero-order valence-electron chi connectivity index (χ0n) is 14.7. The van der Waals surface area contributed by atoms with Gasteiger partial charge < -0.3 is 4.74 Å². The lowest BCUT2D eigenvalue weighted by Crippen LogP contribution is -2.56. The summed E-state index contributed by atoms with van der Waals surface area (Å²) in [6.07, 6.45) is 14.1. The Labute approximate surface area is 140 Å². The summed E-state index contributed by atoms with van der Waals surface area (Å²) in [6.45, 7) is 5.16. The van der Waals surface area contributed by atoms with Crippen LogP contribution in [-0.4, -0.2) is 18.0 Å². The zero-order chi connectivity index (χ0) is 15.9. The summed E-state index contributed by atoms with van der Waals surface area (Å²) >= 11 is 0. The highest BCUT2D eigenvalue weighted by molar-refractivity contribution is 5.81. The van der Waals surface area contributed by atoms with Crippen LogP contribution in [0.15, 0.2) is 11.6 Å². The molecule has 2 nitrogen and oxygen atoms in total. The molecule has 2 bridgehead atoms. The number of fused-ring (bicyclic) bond motifs is 1. The molecule has 1 saturated heterocycles. The second kappa shape index (κ2) is 4.50. The van der Waals surface area contributed by atoms with Crippen LogP contribution in [0.2, 0.25) is 0 Å².